The number of rotatable bonds is 5. The summed E-state index contributed by atoms with van der Waals surface area (Å²) in [7, 11) is 1.49. The number of halogens is 1. The second-order valence-corrected chi connectivity index (χ2v) is 10.4. The number of amides is 3. The summed E-state index contributed by atoms with van der Waals surface area (Å²) in [5.74, 6) is -0.830. The Morgan fingerprint density at radius 3 is 2.00 bits per heavy atom. The van der Waals surface area contributed by atoms with Gasteiger partial charge in [-0.3, -0.25) is 9.59 Å². The molecule has 0 spiro atoms. The molecule has 0 N–H and O–H groups in total. The number of carbonyl (C=O) groups excluding carboxylic acids is 3. The van der Waals surface area contributed by atoms with E-state index < -0.39 is 29.0 Å². The third-order valence-electron chi connectivity index (χ3n) is 5.86. The minimum atomic E-state index is -1.19. The Labute approximate surface area is 228 Å². The number of aryl methyl sites for hydroxylation is 2. The first-order chi connectivity index (χ1) is 17.8. The second-order valence-electron chi connectivity index (χ2n) is 10.0. The van der Waals surface area contributed by atoms with Gasteiger partial charge in [0, 0.05) is 22.3 Å². The number of nitrogens with zero attached hydrogens (tertiary/aromatic N) is 2. The van der Waals surface area contributed by atoms with Gasteiger partial charge >= 0.3 is 6.09 Å². The molecule has 3 aromatic rings. The number of hydrogen-bond donors (Lipinski definition) is 0. The Kier molecular flexibility index (Phi) is 8.84. The van der Waals surface area contributed by atoms with Gasteiger partial charge in [-0.15, -0.1) is 5.01 Å². The number of benzene rings is 3. The van der Waals surface area contributed by atoms with E-state index in [4.69, 9.17) is 21.1 Å². The van der Waals surface area contributed by atoms with Crippen LogP contribution in [-0.4, -0.2) is 40.6 Å². The van der Waals surface area contributed by atoms with Crippen LogP contribution in [0.15, 0.2) is 66.7 Å². The van der Waals surface area contributed by atoms with E-state index in [1.807, 2.05) is 19.9 Å². The average Bonchev–Trinajstić information content (AvgIpc) is 2.85. The molecule has 200 valence electrons. The zero-order valence-corrected chi connectivity index (χ0v) is 23.5. The van der Waals surface area contributed by atoms with Crippen LogP contribution in [0, 0.1) is 20.8 Å². The van der Waals surface area contributed by atoms with Crippen LogP contribution in [0.3, 0.4) is 0 Å². The van der Waals surface area contributed by atoms with Gasteiger partial charge in [0.25, 0.3) is 11.8 Å². The van der Waals surface area contributed by atoms with Crippen LogP contribution in [-0.2, 0) is 4.74 Å². The van der Waals surface area contributed by atoms with Gasteiger partial charge in [0.1, 0.15) is 5.75 Å². The minimum absolute atomic E-state index is 0.176. The van der Waals surface area contributed by atoms with Crippen LogP contribution in [0.1, 0.15) is 69.3 Å². The highest BCUT2D eigenvalue weighted by Crippen LogP contribution is 2.30. The first-order valence-electron chi connectivity index (χ1n) is 12.2. The van der Waals surface area contributed by atoms with Crippen LogP contribution in [0.4, 0.5) is 4.79 Å². The summed E-state index contributed by atoms with van der Waals surface area (Å²) in [6.07, 6.45) is -1.09. The first-order valence-corrected chi connectivity index (χ1v) is 12.6. The number of hydrazine groups is 1. The molecular formula is C30H33ClN2O5. The standard InChI is InChI=1S/C30H33ClN2O5/c1-19-16-20(2)18-23(17-19)27(34)33(30(4,5)6)32(28(35)24-14-11-15-25(37-7)21(24)3)29(36)38-26(31)22-12-9-8-10-13-22/h8-18,26H,1-7H3. The van der Waals surface area contributed by atoms with E-state index >= 15 is 0 Å². The summed E-state index contributed by atoms with van der Waals surface area (Å²) in [5, 5.41) is 1.86. The lowest BCUT2D eigenvalue weighted by Crippen LogP contribution is -2.60. The zero-order chi connectivity index (χ0) is 28.2. The summed E-state index contributed by atoms with van der Waals surface area (Å²) < 4.78 is 10.9. The number of carbonyl (C=O) groups is 3. The number of hydrogen-bond acceptors (Lipinski definition) is 5. The molecule has 1 atom stereocenters. The highest BCUT2D eigenvalue weighted by Gasteiger charge is 2.42. The maximum atomic E-state index is 14.1. The van der Waals surface area contributed by atoms with Crippen LogP contribution in [0.2, 0.25) is 0 Å². The summed E-state index contributed by atoms with van der Waals surface area (Å²) in [6.45, 7) is 10.6. The monoisotopic (exact) mass is 536 g/mol. The van der Waals surface area contributed by atoms with E-state index in [-0.39, 0.29) is 5.56 Å². The van der Waals surface area contributed by atoms with Crippen LogP contribution < -0.4 is 4.74 Å². The molecule has 0 aromatic heterocycles. The summed E-state index contributed by atoms with van der Waals surface area (Å²) in [6, 6.07) is 19.0. The molecule has 0 fully saturated rings. The molecule has 0 aliphatic heterocycles. The van der Waals surface area contributed by atoms with E-state index in [1.54, 1.807) is 88.4 Å². The van der Waals surface area contributed by atoms with E-state index in [1.165, 1.54) is 7.11 Å². The van der Waals surface area contributed by atoms with Gasteiger partial charge in [-0.2, -0.15) is 0 Å². The van der Waals surface area contributed by atoms with Crippen molar-refractivity contribution in [3.8, 4) is 5.75 Å². The quantitative estimate of drug-likeness (QED) is 0.259. The van der Waals surface area contributed by atoms with Crippen molar-refractivity contribution in [3.63, 3.8) is 0 Å². The van der Waals surface area contributed by atoms with Crippen molar-refractivity contribution in [2.75, 3.05) is 7.11 Å². The van der Waals surface area contributed by atoms with E-state index in [0.717, 1.165) is 21.1 Å². The molecule has 0 bridgehead atoms. The highest BCUT2D eigenvalue weighted by molar-refractivity contribution is 6.20. The Bertz CT molecular complexity index is 1310. The number of ether oxygens (including phenoxy) is 2. The average molecular weight is 537 g/mol. The number of alkyl halides is 1. The van der Waals surface area contributed by atoms with Gasteiger partial charge in [0.15, 0.2) is 0 Å². The molecule has 38 heavy (non-hydrogen) atoms. The molecule has 7 nitrogen and oxygen atoms in total. The molecule has 3 rings (SSSR count). The van der Waals surface area contributed by atoms with Crippen molar-refractivity contribution in [2.45, 2.75) is 52.6 Å². The fourth-order valence-electron chi connectivity index (χ4n) is 4.16. The largest absolute Gasteiger partial charge is 0.496 e. The molecule has 0 saturated heterocycles. The van der Waals surface area contributed by atoms with Crippen molar-refractivity contribution in [2.24, 2.45) is 0 Å². The number of imide groups is 1. The third kappa shape index (κ3) is 6.34. The summed E-state index contributed by atoms with van der Waals surface area (Å²) in [5.41, 5.74) is 1.08. The van der Waals surface area contributed by atoms with Gasteiger partial charge in [-0.1, -0.05) is 65.2 Å². The van der Waals surface area contributed by atoms with Crippen LogP contribution in [0.25, 0.3) is 0 Å². The topological polar surface area (TPSA) is 76.2 Å². The highest BCUT2D eigenvalue weighted by atomic mass is 35.5. The summed E-state index contributed by atoms with van der Waals surface area (Å²) >= 11 is 6.43. The maximum Gasteiger partial charge on any atom is 0.438 e. The molecule has 0 aliphatic rings. The Morgan fingerprint density at radius 1 is 0.842 bits per heavy atom. The fraction of sp³-hybridized carbons (Fsp3) is 0.300. The van der Waals surface area contributed by atoms with Gasteiger partial charge < -0.3 is 9.47 Å². The Morgan fingerprint density at radius 2 is 1.45 bits per heavy atom. The minimum Gasteiger partial charge on any atom is -0.496 e. The SMILES string of the molecule is COc1cccc(C(=O)N(C(=O)OC(Cl)c2ccccc2)N(C(=O)c2cc(C)cc(C)c2)C(C)(C)C)c1C. The molecule has 0 radical (unpaired) electrons. The fourth-order valence-corrected chi connectivity index (χ4v) is 4.39. The summed E-state index contributed by atoms with van der Waals surface area (Å²) in [4.78, 5) is 41.8. The van der Waals surface area contributed by atoms with E-state index in [9.17, 15) is 14.4 Å². The molecule has 1 unspecified atom stereocenters. The third-order valence-corrected chi connectivity index (χ3v) is 6.20. The van der Waals surface area contributed by atoms with Crippen molar-refractivity contribution in [1.29, 1.82) is 0 Å². The lowest BCUT2D eigenvalue weighted by molar-refractivity contribution is -0.0420. The van der Waals surface area contributed by atoms with Crippen LogP contribution in [0.5, 0.6) is 5.75 Å². The molecule has 0 heterocycles. The van der Waals surface area contributed by atoms with Crippen molar-refractivity contribution in [3.05, 3.63) is 100 Å². The lowest BCUT2D eigenvalue weighted by Gasteiger charge is -2.41. The van der Waals surface area contributed by atoms with Gasteiger partial charge in [0.05, 0.1) is 12.6 Å². The Hall–Kier alpha value is -3.84. The van der Waals surface area contributed by atoms with Gasteiger partial charge in [0.2, 0.25) is 5.56 Å². The molecule has 3 aromatic carbocycles. The lowest BCUT2D eigenvalue weighted by atomic mass is 10.0. The van der Waals surface area contributed by atoms with Gasteiger partial charge in [-0.25, -0.2) is 9.80 Å². The second kappa shape index (κ2) is 11.7. The van der Waals surface area contributed by atoms with E-state index in [0.29, 0.717) is 22.4 Å². The molecular weight excluding hydrogens is 504 g/mol. The zero-order valence-electron chi connectivity index (χ0n) is 22.7. The molecule has 0 saturated carbocycles. The first kappa shape index (κ1) is 28.7. The molecule has 0 aliphatic carbocycles. The van der Waals surface area contributed by atoms with Crippen molar-refractivity contribution in [1.82, 2.24) is 10.0 Å². The number of methoxy groups -OCH3 is 1. The normalized spacial score (nSPS) is 11.9. The Balaban J connectivity index is 2.16. The molecule has 8 heteroatoms. The maximum absolute atomic E-state index is 14.1. The molecule has 3 amide bonds. The van der Waals surface area contributed by atoms with Crippen LogP contribution >= 0.6 is 11.6 Å². The smallest absolute Gasteiger partial charge is 0.438 e. The van der Waals surface area contributed by atoms with Crippen molar-refractivity contribution < 1.29 is 23.9 Å². The van der Waals surface area contributed by atoms with E-state index in [2.05, 4.69) is 0 Å². The van der Waals surface area contributed by atoms with Crippen molar-refractivity contribution >= 4 is 29.5 Å². The van der Waals surface area contributed by atoms with Gasteiger partial charge in [-0.05, 0) is 65.8 Å². The predicted octanol–water partition coefficient (Wildman–Crippen LogP) is 6.99. The predicted molar refractivity (Wildman–Crippen MR) is 147 cm³/mol.